The number of hydrogen-bond donors (Lipinski definition) is 1. The van der Waals surface area contributed by atoms with E-state index in [-0.39, 0.29) is 30.3 Å². The first-order chi connectivity index (χ1) is 7.19. The SMILES string of the molecule is CCCCC[C@H]1NC(=O)C[C@H]1C(=O)OC. The van der Waals surface area contributed by atoms with Gasteiger partial charge in [0, 0.05) is 12.5 Å². The van der Waals surface area contributed by atoms with E-state index < -0.39 is 0 Å². The Labute approximate surface area is 90.4 Å². The fourth-order valence-corrected chi connectivity index (χ4v) is 1.99. The highest BCUT2D eigenvalue weighted by Crippen LogP contribution is 2.22. The predicted octanol–water partition coefficient (Wildman–Crippen LogP) is 1.24. The molecule has 1 N–H and O–H groups in total. The van der Waals surface area contributed by atoms with Gasteiger partial charge in [0.2, 0.25) is 5.91 Å². The summed E-state index contributed by atoms with van der Waals surface area (Å²) >= 11 is 0. The van der Waals surface area contributed by atoms with E-state index in [2.05, 4.69) is 17.0 Å². The standard InChI is InChI=1S/C11H19NO3/c1-3-4-5-6-9-8(11(14)15-2)7-10(13)12-9/h8-9H,3-7H2,1-2H3,(H,12,13)/t8-,9-/m1/s1. The normalized spacial score (nSPS) is 25.1. The minimum Gasteiger partial charge on any atom is -0.469 e. The molecule has 1 fully saturated rings. The van der Waals surface area contributed by atoms with Crippen molar-refractivity contribution < 1.29 is 14.3 Å². The van der Waals surface area contributed by atoms with Gasteiger partial charge in [0.25, 0.3) is 0 Å². The molecule has 4 nitrogen and oxygen atoms in total. The van der Waals surface area contributed by atoms with Gasteiger partial charge in [-0.15, -0.1) is 0 Å². The maximum Gasteiger partial charge on any atom is 0.311 e. The van der Waals surface area contributed by atoms with Crippen molar-refractivity contribution in [3.8, 4) is 0 Å². The van der Waals surface area contributed by atoms with Crippen molar-refractivity contribution in [2.75, 3.05) is 7.11 Å². The number of rotatable bonds is 5. The summed E-state index contributed by atoms with van der Waals surface area (Å²) in [5.41, 5.74) is 0. The molecule has 15 heavy (non-hydrogen) atoms. The van der Waals surface area contributed by atoms with Crippen LogP contribution in [-0.2, 0) is 14.3 Å². The van der Waals surface area contributed by atoms with Crippen LogP contribution >= 0.6 is 0 Å². The van der Waals surface area contributed by atoms with Crippen LogP contribution in [0.4, 0.5) is 0 Å². The van der Waals surface area contributed by atoms with E-state index in [4.69, 9.17) is 0 Å². The van der Waals surface area contributed by atoms with Gasteiger partial charge >= 0.3 is 5.97 Å². The number of nitrogens with one attached hydrogen (secondary N) is 1. The van der Waals surface area contributed by atoms with Crippen molar-refractivity contribution >= 4 is 11.9 Å². The van der Waals surface area contributed by atoms with E-state index in [9.17, 15) is 9.59 Å². The molecular formula is C11H19NO3. The van der Waals surface area contributed by atoms with E-state index in [0.717, 1.165) is 25.7 Å². The fourth-order valence-electron chi connectivity index (χ4n) is 1.99. The van der Waals surface area contributed by atoms with Crippen LogP contribution in [0.2, 0.25) is 0 Å². The molecule has 1 saturated heterocycles. The first-order valence-corrected chi connectivity index (χ1v) is 5.56. The van der Waals surface area contributed by atoms with E-state index in [1.165, 1.54) is 7.11 Å². The number of hydrogen-bond acceptors (Lipinski definition) is 3. The van der Waals surface area contributed by atoms with Gasteiger partial charge in [0.15, 0.2) is 0 Å². The molecule has 1 heterocycles. The smallest absolute Gasteiger partial charge is 0.311 e. The number of ether oxygens (including phenoxy) is 1. The molecule has 0 aliphatic carbocycles. The van der Waals surface area contributed by atoms with Gasteiger partial charge < -0.3 is 10.1 Å². The maximum atomic E-state index is 11.4. The summed E-state index contributed by atoms with van der Waals surface area (Å²) in [4.78, 5) is 22.6. The number of esters is 1. The zero-order chi connectivity index (χ0) is 11.3. The number of methoxy groups -OCH3 is 1. The van der Waals surface area contributed by atoms with Crippen LogP contribution in [0, 0.1) is 5.92 Å². The maximum absolute atomic E-state index is 11.4. The van der Waals surface area contributed by atoms with Crippen LogP contribution in [0.25, 0.3) is 0 Å². The van der Waals surface area contributed by atoms with E-state index in [1.54, 1.807) is 0 Å². The Hall–Kier alpha value is -1.06. The molecular weight excluding hydrogens is 194 g/mol. The number of carbonyl (C=O) groups excluding carboxylic acids is 2. The lowest BCUT2D eigenvalue weighted by Crippen LogP contribution is -2.32. The molecule has 0 radical (unpaired) electrons. The molecule has 0 saturated carbocycles. The predicted molar refractivity (Wildman–Crippen MR) is 56.2 cm³/mol. The first kappa shape index (κ1) is 12.0. The lowest BCUT2D eigenvalue weighted by atomic mass is 9.96. The first-order valence-electron chi connectivity index (χ1n) is 5.56. The molecule has 1 amide bonds. The van der Waals surface area contributed by atoms with Crippen molar-refractivity contribution in [2.45, 2.75) is 45.1 Å². The van der Waals surface area contributed by atoms with Gasteiger partial charge in [-0.05, 0) is 6.42 Å². The fraction of sp³-hybridized carbons (Fsp3) is 0.818. The third-order valence-electron chi connectivity index (χ3n) is 2.86. The lowest BCUT2D eigenvalue weighted by molar-refractivity contribution is -0.146. The second-order valence-corrected chi connectivity index (χ2v) is 4.00. The molecule has 2 atom stereocenters. The molecule has 1 aliphatic rings. The minimum absolute atomic E-state index is 0.0171. The number of carbonyl (C=O) groups is 2. The van der Waals surface area contributed by atoms with Crippen molar-refractivity contribution in [1.29, 1.82) is 0 Å². The van der Waals surface area contributed by atoms with Gasteiger partial charge in [-0.3, -0.25) is 9.59 Å². The van der Waals surface area contributed by atoms with E-state index >= 15 is 0 Å². The van der Waals surface area contributed by atoms with Gasteiger partial charge in [-0.25, -0.2) is 0 Å². The van der Waals surface area contributed by atoms with Crippen LogP contribution in [0.1, 0.15) is 39.0 Å². The number of unbranched alkanes of at least 4 members (excludes halogenated alkanes) is 2. The zero-order valence-corrected chi connectivity index (χ0v) is 9.41. The highest BCUT2D eigenvalue weighted by molar-refractivity contribution is 5.87. The van der Waals surface area contributed by atoms with Crippen molar-refractivity contribution in [1.82, 2.24) is 5.32 Å². The average Bonchev–Trinajstić information content (AvgIpc) is 2.59. The molecule has 0 bridgehead atoms. The molecule has 0 aromatic carbocycles. The summed E-state index contributed by atoms with van der Waals surface area (Å²) in [6, 6.07) is -0.0171. The Kier molecular flexibility index (Phi) is 4.59. The van der Waals surface area contributed by atoms with Gasteiger partial charge in [-0.2, -0.15) is 0 Å². The minimum atomic E-state index is -0.278. The highest BCUT2D eigenvalue weighted by atomic mass is 16.5. The monoisotopic (exact) mass is 213 g/mol. The summed E-state index contributed by atoms with van der Waals surface area (Å²) in [6.07, 6.45) is 4.49. The summed E-state index contributed by atoms with van der Waals surface area (Å²) < 4.78 is 4.69. The zero-order valence-electron chi connectivity index (χ0n) is 9.41. The molecule has 0 aromatic heterocycles. The molecule has 4 heteroatoms. The molecule has 1 rings (SSSR count). The molecule has 86 valence electrons. The van der Waals surface area contributed by atoms with Crippen molar-refractivity contribution in [2.24, 2.45) is 5.92 Å². The largest absolute Gasteiger partial charge is 0.469 e. The summed E-state index contributed by atoms with van der Waals surface area (Å²) in [5.74, 6) is -0.582. The van der Waals surface area contributed by atoms with Crippen molar-refractivity contribution in [3.63, 3.8) is 0 Å². The average molecular weight is 213 g/mol. The van der Waals surface area contributed by atoms with Crippen LogP contribution in [-0.4, -0.2) is 25.0 Å². The number of amides is 1. The summed E-state index contributed by atoms with van der Waals surface area (Å²) in [6.45, 7) is 2.13. The lowest BCUT2D eigenvalue weighted by Gasteiger charge is -2.16. The third-order valence-corrected chi connectivity index (χ3v) is 2.86. The summed E-state index contributed by atoms with van der Waals surface area (Å²) in [5, 5.41) is 2.84. The van der Waals surface area contributed by atoms with Crippen molar-refractivity contribution in [3.05, 3.63) is 0 Å². The second-order valence-electron chi connectivity index (χ2n) is 4.00. The van der Waals surface area contributed by atoms with Crippen LogP contribution in [0.3, 0.4) is 0 Å². The topological polar surface area (TPSA) is 55.4 Å². The van der Waals surface area contributed by atoms with E-state index in [0.29, 0.717) is 0 Å². The van der Waals surface area contributed by atoms with Gasteiger partial charge in [0.1, 0.15) is 0 Å². The Bertz CT molecular complexity index is 240. The molecule has 0 spiro atoms. The Morgan fingerprint density at radius 2 is 2.27 bits per heavy atom. The van der Waals surface area contributed by atoms with Gasteiger partial charge in [0.05, 0.1) is 13.0 Å². The van der Waals surface area contributed by atoms with Crippen LogP contribution in [0.5, 0.6) is 0 Å². The quantitative estimate of drug-likeness (QED) is 0.552. The molecule has 1 aliphatic heterocycles. The Morgan fingerprint density at radius 1 is 1.53 bits per heavy atom. The van der Waals surface area contributed by atoms with E-state index in [1.807, 2.05) is 0 Å². The summed E-state index contributed by atoms with van der Waals surface area (Å²) in [7, 11) is 1.37. The highest BCUT2D eigenvalue weighted by Gasteiger charge is 2.37. The second kappa shape index (κ2) is 5.73. The third kappa shape index (κ3) is 3.22. The molecule has 0 aromatic rings. The van der Waals surface area contributed by atoms with Crippen LogP contribution < -0.4 is 5.32 Å². The van der Waals surface area contributed by atoms with Gasteiger partial charge in [-0.1, -0.05) is 26.2 Å². The Balaban J connectivity index is 2.45. The Morgan fingerprint density at radius 3 is 2.87 bits per heavy atom. The molecule has 0 unspecified atom stereocenters. The van der Waals surface area contributed by atoms with Crippen LogP contribution in [0.15, 0.2) is 0 Å².